The highest BCUT2D eigenvalue weighted by Gasteiger charge is 2.34. The van der Waals surface area contributed by atoms with Crippen molar-refractivity contribution in [1.82, 2.24) is 15.0 Å². The average molecular weight is 225 g/mol. The lowest BCUT2D eigenvalue weighted by molar-refractivity contribution is 0.0966. The molecule has 1 aromatic heterocycles. The fourth-order valence-corrected chi connectivity index (χ4v) is 1.90. The van der Waals surface area contributed by atoms with E-state index in [0.29, 0.717) is 24.9 Å². The van der Waals surface area contributed by atoms with Crippen LogP contribution in [0.5, 0.6) is 0 Å². The van der Waals surface area contributed by atoms with Crippen molar-refractivity contribution in [3.05, 3.63) is 11.7 Å². The smallest absolute Gasteiger partial charge is 0.410 e. The molecule has 1 saturated heterocycles. The first-order valence-corrected chi connectivity index (χ1v) is 5.46. The summed E-state index contributed by atoms with van der Waals surface area (Å²) < 4.78 is 10.1. The number of aryl methyl sites for hydroxylation is 1. The molecule has 6 nitrogen and oxygen atoms in total. The zero-order valence-electron chi connectivity index (χ0n) is 9.47. The minimum Gasteiger partial charge on any atom is -0.450 e. The number of rotatable bonds is 2. The topological polar surface area (TPSA) is 68.5 Å². The highest BCUT2D eigenvalue weighted by molar-refractivity contribution is 5.68. The molecule has 0 aliphatic carbocycles. The van der Waals surface area contributed by atoms with Gasteiger partial charge in [0.25, 0.3) is 0 Å². The first-order valence-electron chi connectivity index (χ1n) is 5.46. The van der Waals surface area contributed by atoms with E-state index >= 15 is 0 Å². The summed E-state index contributed by atoms with van der Waals surface area (Å²) in [6.45, 7) is 4.62. The fraction of sp³-hybridized carbons (Fsp3) is 0.700. The van der Waals surface area contributed by atoms with Crippen LogP contribution in [0.1, 0.15) is 37.5 Å². The van der Waals surface area contributed by atoms with E-state index in [-0.39, 0.29) is 12.1 Å². The second kappa shape index (κ2) is 4.51. The van der Waals surface area contributed by atoms with Gasteiger partial charge in [-0.1, -0.05) is 5.16 Å². The van der Waals surface area contributed by atoms with Crippen LogP contribution in [0.2, 0.25) is 0 Å². The Bertz CT molecular complexity index is 377. The van der Waals surface area contributed by atoms with Gasteiger partial charge in [0.15, 0.2) is 5.82 Å². The van der Waals surface area contributed by atoms with E-state index in [4.69, 9.17) is 9.26 Å². The second-order valence-electron chi connectivity index (χ2n) is 3.73. The Morgan fingerprint density at radius 1 is 1.69 bits per heavy atom. The van der Waals surface area contributed by atoms with Crippen LogP contribution in [0.3, 0.4) is 0 Å². The minimum absolute atomic E-state index is 0.125. The van der Waals surface area contributed by atoms with Crippen LogP contribution in [0.25, 0.3) is 0 Å². The van der Waals surface area contributed by atoms with Crippen LogP contribution in [-0.4, -0.2) is 34.3 Å². The molecule has 0 bridgehead atoms. The molecular weight excluding hydrogens is 210 g/mol. The van der Waals surface area contributed by atoms with Gasteiger partial charge < -0.3 is 9.26 Å². The Morgan fingerprint density at radius 2 is 2.50 bits per heavy atom. The minimum atomic E-state index is -0.305. The monoisotopic (exact) mass is 225 g/mol. The van der Waals surface area contributed by atoms with Crippen molar-refractivity contribution in [3.63, 3.8) is 0 Å². The van der Waals surface area contributed by atoms with E-state index in [9.17, 15) is 4.79 Å². The van der Waals surface area contributed by atoms with Crippen LogP contribution < -0.4 is 0 Å². The number of carbonyl (C=O) groups excluding carboxylic acids is 1. The number of hydrogen-bond donors (Lipinski definition) is 0. The van der Waals surface area contributed by atoms with Gasteiger partial charge in [-0.25, -0.2) is 4.79 Å². The highest BCUT2D eigenvalue weighted by atomic mass is 16.6. The summed E-state index contributed by atoms with van der Waals surface area (Å²) in [6.07, 6.45) is 1.48. The number of amides is 1. The number of ether oxygens (including phenoxy) is 1. The van der Waals surface area contributed by atoms with Crippen molar-refractivity contribution < 1.29 is 14.1 Å². The fourth-order valence-electron chi connectivity index (χ4n) is 1.90. The number of hydrogen-bond acceptors (Lipinski definition) is 5. The molecule has 2 rings (SSSR count). The molecule has 1 atom stereocenters. The first-order chi connectivity index (χ1) is 7.72. The van der Waals surface area contributed by atoms with Gasteiger partial charge in [0, 0.05) is 6.54 Å². The summed E-state index contributed by atoms with van der Waals surface area (Å²) in [6, 6.07) is -0.125. The number of aromatic nitrogens is 2. The summed E-state index contributed by atoms with van der Waals surface area (Å²) in [5.41, 5.74) is 0. The van der Waals surface area contributed by atoms with Gasteiger partial charge in [0.2, 0.25) is 5.89 Å². The molecule has 16 heavy (non-hydrogen) atoms. The Hall–Kier alpha value is -1.59. The van der Waals surface area contributed by atoms with Crippen molar-refractivity contribution >= 4 is 6.09 Å². The molecule has 1 fully saturated rings. The highest BCUT2D eigenvalue weighted by Crippen LogP contribution is 2.31. The van der Waals surface area contributed by atoms with E-state index in [1.165, 1.54) is 0 Å². The molecule has 1 aliphatic heterocycles. The third-order valence-electron chi connectivity index (χ3n) is 2.58. The molecule has 0 N–H and O–H groups in total. The molecule has 6 heteroatoms. The quantitative estimate of drug-likeness (QED) is 0.765. The first kappa shape index (κ1) is 10.9. The van der Waals surface area contributed by atoms with Crippen molar-refractivity contribution in [1.29, 1.82) is 0 Å². The second-order valence-corrected chi connectivity index (χ2v) is 3.73. The normalized spacial score (nSPS) is 20.1. The van der Waals surface area contributed by atoms with Crippen LogP contribution >= 0.6 is 0 Å². The Balaban J connectivity index is 2.11. The summed E-state index contributed by atoms with van der Waals surface area (Å²) in [5, 5.41) is 3.74. The maximum Gasteiger partial charge on any atom is 0.410 e. The summed E-state index contributed by atoms with van der Waals surface area (Å²) in [5.74, 6) is 1.09. The molecule has 1 unspecified atom stereocenters. The zero-order valence-corrected chi connectivity index (χ0v) is 9.47. The van der Waals surface area contributed by atoms with E-state index in [2.05, 4.69) is 10.1 Å². The van der Waals surface area contributed by atoms with E-state index in [1.807, 2.05) is 0 Å². The van der Waals surface area contributed by atoms with Gasteiger partial charge >= 0.3 is 6.09 Å². The van der Waals surface area contributed by atoms with Gasteiger partial charge in [-0.05, 0) is 26.7 Å². The molecular formula is C10H15N3O3. The lowest BCUT2D eigenvalue weighted by Gasteiger charge is -2.20. The summed E-state index contributed by atoms with van der Waals surface area (Å²) in [4.78, 5) is 17.5. The predicted octanol–water partition coefficient (Wildman–Crippen LogP) is 1.67. The van der Waals surface area contributed by atoms with Gasteiger partial charge in [-0.2, -0.15) is 4.98 Å². The lowest BCUT2D eigenvalue weighted by atomic mass is 10.2. The van der Waals surface area contributed by atoms with Gasteiger partial charge in [-0.15, -0.1) is 0 Å². The van der Waals surface area contributed by atoms with E-state index in [0.717, 1.165) is 12.8 Å². The summed E-state index contributed by atoms with van der Waals surface area (Å²) in [7, 11) is 0. The Morgan fingerprint density at radius 3 is 3.12 bits per heavy atom. The van der Waals surface area contributed by atoms with Gasteiger partial charge in [0.1, 0.15) is 6.04 Å². The van der Waals surface area contributed by atoms with Gasteiger partial charge in [0.05, 0.1) is 6.61 Å². The van der Waals surface area contributed by atoms with Crippen molar-refractivity contribution in [2.45, 2.75) is 32.7 Å². The Labute approximate surface area is 93.6 Å². The molecule has 1 aliphatic rings. The molecule has 1 amide bonds. The number of carbonyl (C=O) groups is 1. The van der Waals surface area contributed by atoms with Crippen molar-refractivity contribution in [3.8, 4) is 0 Å². The molecule has 0 aromatic carbocycles. The van der Waals surface area contributed by atoms with Crippen LogP contribution in [-0.2, 0) is 4.74 Å². The van der Waals surface area contributed by atoms with Crippen molar-refractivity contribution in [2.24, 2.45) is 0 Å². The van der Waals surface area contributed by atoms with Crippen LogP contribution in [0, 0.1) is 6.92 Å². The van der Waals surface area contributed by atoms with Gasteiger partial charge in [-0.3, -0.25) is 4.90 Å². The average Bonchev–Trinajstić information content (AvgIpc) is 2.85. The molecule has 0 radical (unpaired) electrons. The number of likely N-dealkylation sites (tertiary alicyclic amines) is 1. The maximum atomic E-state index is 11.6. The summed E-state index contributed by atoms with van der Waals surface area (Å²) >= 11 is 0. The van der Waals surface area contributed by atoms with Crippen molar-refractivity contribution in [2.75, 3.05) is 13.2 Å². The van der Waals surface area contributed by atoms with E-state index < -0.39 is 0 Å². The lowest BCUT2D eigenvalue weighted by Crippen LogP contribution is -2.31. The Kier molecular flexibility index (Phi) is 3.07. The SMILES string of the molecule is CCOC(=O)N1CCCC1c1nc(C)no1. The van der Waals surface area contributed by atoms with Crippen LogP contribution in [0.4, 0.5) is 4.79 Å². The molecule has 0 spiro atoms. The molecule has 0 saturated carbocycles. The third kappa shape index (κ3) is 2.00. The van der Waals surface area contributed by atoms with E-state index in [1.54, 1.807) is 18.7 Å². The third-order valence-corrected chi connectivity index (χ3v) is 2.58. The maximum absolute atomic E-state index is 11.6. The molecule has 1 aromatic rings. The standard InChI is InChI=1S/C10H15N3O3/c1-3-15-10(14)13-6-4-5-8(13)9-11-7(2)12-16-9/h8H,3-6H2,1-2H3. The molecule has 2 heterocycles. The molecule has 88 valence electrons. The van der Waals surface area contributed by atoms with Crippen LogP contribution in [0.15, 0.2) is 4.52 Å². The zero-order chi connectivity index (χ0) is 11.5. The predicted molar refractivity (Wildman–Crippen MR) is 54.7 cm³/mol. The largest absolute Gasteiger partial charge is 0.450 e. The number of nitrogens with zero attached hydrogens (tertiary/aromatic N) is 3.